The van der Waals surface area contributed by atoms with Crippen molar-refractivity contribution in [1.82, 2.24) is 14.9 Å². The normalized spacial score (nSPS) is 27.6. The molecule has 0 spiro atoms. The van der Waals surface area contributed by atoms with Gasteiger partial charge in [-0.15, -0.1) is 10.3 Å². The van der Waals surface area contributed by atoms with Crippen molar-refractivity contribution in [2.75, 3.05) is 20.3 Å². The summed E-state index contributed by atoms with van der Waals surface area (Å²) in [5.74, 6) is 0. The lowest BCUT2D eigenvalue weighted by atomic mass is 9.98. The second-order valence-corrected chi connectivity index (χ2v) is 5.98. The fourth-order valence-corrected chi connectivity index (χ4v) is 3.01. The molecule has 2 aliphatic rings. The van der Waals surface area contributed by atoms with Gasteiger partial charge in [0, 0.05) is 0 Å². The van der Waals surface area contributed by atoms with Gasteiger partial charge in [0.25, 0.3) is 5.70 Å². The van der Waals surface area contributed by atoms with Crippen molar-refractivity contribution in [1.29, 1.82) is 0 Å². The number of nitrogens with zero attached hydrogens (tertiary/aromatic N) is 4. The molecular weight excluding hydrogens is 236 g/mol. The zero-order valence-corrected chi connectivity index (χ0v) is 11.4. The topological polar surface area (TPSA) is 72.8 Å². The van der Waals surface area contributed by atoms with Gasteiger partial charge in [0.05, 0.1) is 23.7 Å². The van der Waals surface area contributed by atoms with Gasteiger partial charge < -0.3 is 4.90 Å². The maximum absolute atomic E-state index is 12.4. The van der Waals surface area contributed by atoms with Gasteiger partial charge in [0.2, 0.25) is 0 Å². The largest absolute Gasteiger partial charge is 0.335 e. The Morgan fingerprint density at radius 3 is 2.33 bits per heavy atom. The maximum atomic E-state index is 12.4. The molecule has 0 bridgehead atoms. The van der Waals surface area contributed by atoms with Gasteiger partial charge in [-0.1, -0.05) is 0 Å². The van der Waals surface area contributed by atoms with Gasteiger partial charge >= 0.3 is 0 Å². The zero-order chi connectivity index (χ0) is 13.9. The van der Waals surface area contributed by atoms with E-state index in [1.54, 1.807) is 27.7 Å². The predicted molar refractivity (Wildman–Crippen MR) is 64.0 cm³/mol. The Hall–Kier alpha value is -1.18. The van der Waals surface area contributed by atoms with Crippen molar-refractivity contribution in [2.24, 2.45) is 0 Å². The number of hydroxylamine groups is 2. The maximum Gasteiger partial charge on any atom is 0.281 e. The molecule has 0 atom stereocenters. The number of hydrogen-bond donors (Lipinski definition) is 0. The highest BCUT2D eigenvalue weighted by atomic mass is 16.6. The van der Waals surface area contributed by atoms with Crippen LogP contribution in [-0.2, 0) is 5.21 Å². The Labute approximate surface area is 106 Å². The van der Waals surface area contributed by atoms with Gasteiger partial charge in [-0.05, 0) is 34.7 Å². The van der Waals surface area contributed by atoms with Crippen molar-refractivity contribution < 1.29 is 10.1 Å². The molecule has 0 saturated carbocycles. The summed E-state index contributed by atoms with van der Waals surface area (Å²) >= 11 is 0. The molecule has 0 N–H and O–H groups in total. The van der Waals surface area contributed by atoms with Crippen molar-refractivity contribution in [3.8, 4) is 0 Å². The molecule has 0 amide bonds. The molecule has 7 heteroatoms. The van der Waals surface area contributed by atoms with Crippen LogP contribution in [-0.4, -0.2) is 51.2 Å². The Kier molecular flexibility index (Phi) is 2.69. The van der Waals surface area contributed by atoms with E-state index in [1.165, 1.54) is 0 Å². The van der Waals surface area contributed by atoms with Crippen LogP contribution in [0.4, 0.5) is 0 Å². The van der Waals surface area contributed by atoms with Gasteiger partial charge in [-0.25, -0.2) is 0 Å². The van der Waals surface area contributed by atoms with Crippen molar-refractivity contribution in [3.63, 3.8) is 0 Å². The van der Waals surface area contributed by atoms with Crippen LogP contribution in [0.2, 0.25) is 0 Å². The first kappa shape index (κ1) is 13.3. The quantitative estimate of drug-likeness (QED) is 0.513. The third-order valence-corrected chi connectivity index (χ3v) is 3.81. The lowest BCUT2D eigenvalue weighted by molar-refractivity contribution is -0.432. The first-order valence-corrected chi connectivity index (χ1v) is 5.92. The van der Waals surface area contributed by atoms with E-state index in [0.717, 1.165) is 5.06 Å². The molecule has 0 aromatic rings. The SMILES string of the molecule is CN1CC([N+](=O)[O-])=C2N(C1)C(C)(C)N([O])C2(C)C. The Balaban J connectivity index is 2.65. The summed E-state index contributed by atoms with van der Waals surface area (Å²) in [6, 6.07) is 0. The second-order valence-electron chi connectivity index (χ2n) is 5.98. The first-order chi connectivity index (χ1) is 8.10. The molecule has 18 heavy (non-hydrogen) atoms. The summed E-state index contributed by atoms with van der Waals surface area (Å²) in [4.78, 5) is 14.5. The lowest BCUT2D eigenvalue weighted by Gasteiger charge is -2.39. The van der Waals surface area contributed by atoms with Crippen LogP contribution in [0, 0.1) is 10.1 Å². The summed E-state index contributed by atoms with van der Waals surface area (Å²) in [7, 11) is 1.82. The summed E-state index contributed by atoms with van der Waals surface area (Å²) < 4.78 is 0. The third-order valence-electron chi connectivity index (χ3n) is 3.81. The number of hydrogen-bond acceptors (Lipinski definition) is 5. The van der Waals surface area contributed by atoms with E-state index in [9.17, 15) is 15.3 Å². The minimum absolute atomic E-state index is 0.125. The summed E-state index contributed by atoms with van der Waals surface area (Å²) in [5.41, 5.74) is -0.965. The van der Waals surface area contributed by atoms with Crippen LogP contribution >= 0.6 is 0 Å². The number of fused-ring (bicyclic) bond motifs is 1. The van der Waals surface area contributed by atoms with E-state index < -0.39 is 11.2 Å². The van der Waals surface area contributed by atoms with Crippen LogP contribution in [0.3, 0.4) is 0 Å². The summed E-state index contributed by atoms with van der Waals surface area (Å²) in [6.07, 6.45) is 0. The van der Waals surface area contributed by atoms with E-state index >= 15 is 0 Å². The number of nitro groups is 1. The summed E-state index contributed by atoms with van der Waals surface area (Å²) in [6.45, 7) is 7.88. The molecule has 2 rings (SSSR count). The van der Waals surface area contributed by atoms with Gasteiger partial charge in [-0.2, -0.15) is 0 Å². The highest BCUT2D eigenvalue weighted by molar-refractivity contribution is 5.29. The standard InChI is InChI=1S/C11H19N4O3/c1-10(2)9-8(14(16)17)6-12(5)7-13(9)11(3,4)15(10)18/h6-7H2,1-5H3. The molecule has 2 aliphatic heterocycles. The number of likely N-dealkylation sites (N-methyl/N-ethyl adjacent to an activating group) is 1. The van der Waals surface area contributed by atoms with Crippen LogP contribution in [0.1, 0.15) is 27.7 Å². The predicted octanol–water partition coefficient (Wildman–Crippen LogP) is 0.855. The first-order valence-electron chi connectivity index (χ1n) is 5.92. The van der Waals surface area contributed by atoms with Crippen LogP contribution in [0.5, 0.6) is 0 Å². The zero-order valence-electron chi connectivity index (χ0n) is 11.4. The average Bonchev–Trinajstić information content (AvgIpc) is 2.37. The molecule has 2 heterocycles. The van der Waals surface area contributed by atoms with Crippen molar-refractivity contribution in [2.45, 2.75) is 38.9 Å². The molecule has 1 saturated heterocycles. The minimum atomic E-state index is -0.868. The van der Waals surface area contributed by atoms with Crippen molar-refractivity contribution in [3.05, 3.63) is 21.5 Å². The molecule has 0 aromatic heterocycles. The molecule has 7 nitrogen and oxygen atoms in total. The van der Waals surface area contributed by atoms with Crippen molar-refractivity contribution >= 4 is 0 Å². The highest BCUT2D eigenvalue weighted by Crippen LogP contribution is 2.46. The molecule has 0 aromatic carbocycles. The summed E-state index contributed by atoms with van der Waals surface area (Å²) in [5, 5.41) is 24.6. The Morgan fingerprint density at radius 1 is 1.28 bits per heavy atom. The molecule has 0 aliphatic carbocycles. The van der Waals surface area contributed by atoms with Crippen LogP contribution < -0.4 is 0 Å². The van der Waals surface area contributed by atoms with Crippen LogP contribution in [0.15, 0.2) is 11.4 Å². The Bertz CT molecular complexity index is 430. The van der Waals surface area contributed by atoms with Gasteiger partial charge in [-0.3, -0.25) is 15.0 Å². The van der Waals surface area contributed by atoms with E-state index in [4.69, 9.17) is 0 Å². The fraction of sp³-hybridized carbons (Fsp3) is 0.818. The monoisotopic (exact) mass is 255 g/mol. The number of rotatable bonds is 1. The van der Waals surface area contributed by atoms with Gasteiger partial charge in [0.1, 0.15) is 11.4 Å². The molecule has 1 radical (unpaired) electrons. The van der Waals surface area contributed by atoms with Gasteiger partial charge in [0.15, 0.2) is 0 Å². The average molecular weight is 255 g/mol. The lowest BCUT2D eigenvalue weighted by Crippen LogP contribution is -2.52. The minimum Gasteiger partial charge on any atom is -0.335 e. The fourth-order valence-electron chi connectivity index (χ4n) is 3.01. The second kappa shape index (κ2) is 3.66. The smallest absolute Gasteiger partial charge is 0.281 e. The van der Waals surface area contributed by atoms with E-state index in [0.29, 0.717) is 12.4 Å². The molecular formula is C11H19N4O3. The van der Waals surface area contributed by atoms with E-state index in [-0.39, 0.29) is 17.2 Å². The highest BCUT2D eigenvalue weighted by Gasteiger charge is 2.59. The Morgan fingerprint density at radius 2 is 1.83 bits per heavy atom. The van der Waals surface area contributed by atoms with E-state index in [1.807, 2.05) is 16.8 Å². The third kappa shape index (κ3) is 1.54. The van der Waals surface area contributed by atoms with Crippen LogP contribution in [0.25, 0.3) is 0 Å². The molecule has 101 valence electrons. The molecule has 0 unspecified atom stereocenters. The molecule has 1 fully saturated rings. The van der Waals surface area contributed by atoms with E-state index in [2.05, 4.69) is 0 Å².